The van der Waals surface area contributed by atoms with Crippen molar-refractivity contribution in [3.63, 3.8) is 0 Å². The van der Waals surface area contributed by atoms with Crippen molar-refractivity contribution in [2.45, 2.75) is 13.3 Å². The maximum Gasteiger partial charge on any atom is 0.178 e. The molecule has 0 amide bonds. The molecule has 0 saturated carbocycles. The number of hydrogen-bond acceptors (Lipinski definition) is 3. The van der Waals surface area contributed by atoms with Crippen LogP contribution < -0.4 is 0 Å². The van der Waals surface area contributed by atoms with Crippen molar-refractivity contribution in [2.24, 2.45) is 0 Å². The largest absolute Gasteiger partial charge is 0.236 e. The maximum atomic E-state index is 8.55. The molecule has 0 unspecified atom stereocenters. The van der Waals surface area contributed by atoms with Gasteiger partial charge < -0.3 is 0 Å². The van der Waals surface area contributed by atoms with Gasteiger partial charge in [0.25, 0.3) is 0 Å². The lowest BCUT2D eigenvalue weighted by Gasteiger charge is -1.99. The van der Waals surface area contributed by atoms with Crippen molar-refractivity contribution in [2.75, 3.05) is 0 Å². The van der Waals surface area contributed by atoms with Crippen molar-refractivity contribution in [3.05, 3.63) is 21.7 Å². The number of aromatic nitrogens is 2. The van der Waals surface area contributed by atoms with E-state index in [1.807, 2.05) is 13.0 Å². The standard InChI is InChI=1S/C7H5Cl2N3/c1-2-4-6(8)12-7(9)5(3-10)11-4/h2H2,1H3. The Hall–Kier alpha value is -0.850. The van der Waals surface area contributed by atoms with Crippen LogP contribution in [0, 0.1) is 11.3 Å². The third-order valence-corrected chi connectivity index (χ3v) is 1.88. The lowest BCUT2D eigenvalue weighted by Crippen LogP contribution is -1.96. The predicted molar refractivity (Wildman–Crippen MR) is 46.1 cm³/mol. The third kappa shape index (κ3) is 1.66. The summed E-state index contributed by atoms with van der Waals surface area (Å²) in [5.74, 6) is 0. The Morgan fingerprint density at radius 3 is 2.50 bits per heavy atom. The lowest BCUT2D eigenvalue weighted by molar-refractivity contribution is 0.987. The van der Waals surface area contributed by atoms with Gasteiger partial charge in [0, 0.05) is 0 Å². The van der Waals surface area contributed by atoms with Gasteiger partial charge in [0.2, 0.25) is 0 Å². The Labute approximate surface area is 80.0 Å². The fraction of sp³-hybridized carbons (Fsp3) is 0.286. The second-order valence-electron chi connectivity index (χ2n) is 2.07. The molecule has 1 heterocycles. The van der Waals surface area contributed by atoms with Crippen LogP contribution in [0.25, 0.3) is 0 Å². The normalized spacial score (nSPS) is 9.50. The van der Waals surface area contributed by atoms with Gasteiger partial charge in [-0.15, -0.1) is 0 Å². The molecule has 0 saturated heterocycles. The highest BCUT2D eigenvalue weighted by atomic mass is 35.5. The van der Waals surface area contributed by atoms with E-state index in [0.717, 1.165) is 0 Å². The van der Waals surface area contributed by atoms with Crippen LogP contribution in [0.1, 0.15) is 18.3 Å². The summed E-state index contributed by atoms with van der Waals surface area (Å²) in [6, 6.07) is 1.83. The second kappa shape index (κ2) is 3.70. The molecule has 1 aromatic rings. The Kier molecular flexibility index (Phi) is 2.85. The molecular formula is C7H5Cl2N3. The van der Waals surface area contributed by atoms with E-state index in [-0.39, 0.29) is 16.0 Å². The molecule has 0 atom stereocenters. The van der Waals surface area contributed by atoms with Crippen molar-refractivity contribution in [1.29, 1.82) is 5.26 Å². The first-order valence-corrected chi connectivity index (χ1v) is 4.06. The van der Waals surface area contributed by atoms with Gasteiger partial charge in [0.05, 0.1) is 5.69 Å². The zero-order chi connectivity index (χ0) is 9.14. The smallest absolute Gasteiger partial charge is 0.178 e. The summed E-state index contributed by atoms with van der Waals surface area (Å²) in [5.41, 5.74) is 0.718. The summed E-state index contributed by atoms with van der Waals surface area (Å²) in [7, 11) is 0. The van der Waals surface area contributed by atoms with Crippen LogP contribution in [-0.4, -0.2) is 9.97 Å². The molecule has 0 aliphatic carbocycles. The zero-order valence-corrected chi connectivity index (χ0v) is 7.82. The minimum absolute atomic E-state index is 0.0553. The molecule has 3 nitrogen and oxygen atoms in total. The lowest BCUT2D eigenvalue weighted by atomic mass is 10.3. The van der Waals surface area contributed by atoms with Gasteiger partial charge in [-0.25, -0.2) is 9.97 Å². The molecule has 0 N–H and O–H groups in total. The summed E-state index contributed by atoms with van der Waals surface area (Å²) in [4.78, 5) is 7.68. The molecule has 0 bridgehead atoms. The minimum Gasteiger partial charge on any atom is -0.236 e. The van der Waals surface area contributed by atoms with E-state index in [0.29, 0.717) is 12.1 Å². The van der Waals surface area contributed by atoms with Gasteiger partial charge >= 0.3 is 0 Å². The first-order valence-electron chi connectivity index (χ1n) is 3.31. The van der Waals surface area contributed by atoms with Crippen LogP contribution in [0.3, 0.4) is 0 Å². The fourth-order valence-corrected chi connectivity index (χ4v) is 1.20. The average molecular weight is 202 g/mol. The van der Waals surface area contributed by atoms with E-state index in [1.54, 1.807) is 0 Å². The molecule has 1 rings (SSSR count). The summed E-state index contributed by atoms with van der Waals surface area (Å²) in [6.45, 7) is 1.88. The molecule has 0 aliphatic heterocycles. The Bertz CT molecular complexity index is 343. The van der Waals surface area contributed by atoms with Crippen LogP contribution in [0.15, 0.2) is 0 Å². The van der Waals surface area contributed by atoms with Crippen LogP contribution >= 0.6 is 23.2 Å². The first-order chi connectivity index (χ1) is 5.69. The number of halogens is 2. The minimum atomic E-state index is 0.0553. The van der Waals surface area contributed by atoms with E-state index in [2.05, 4.69) is 9.97 Å². The summed E-state index contributed by atoms with van der Waals surface area (Å²) in [6.07, 6.45) is 0.637. The fourth-order valence-electron chi connectivity index (χ4n) is 0.727. The number of nitrogens with zero attached hydrogens (tertiary/aromatic N) is 3. The monoisotopic (exact) mass is 201 g/mol. The molecule has 0 aromatic carbocycles. The van der Waals surface area contributed by atoms with Crippen LogP contribution in [0.5, 0.6) is 0 Å². The molecule has 1 aromatic heterocycles. The Morgan fingerprint density at radius 2 is 2.00 bits per heavy atom. The summed E-state index contributed by atoms with van der Waals surface area (Å²) in [5, 5.41) is 8.87. The van der Waals surface area contributed by atoms with Crippen LogP contribution in [0.2, 0.25) is 10.3 Å². The van der Waals surface area contributed by atoms with E-state index in [4.69, 9.17) is 28.5 Å². The average Bonchev–Trinajstić information content (AvgIpc) is 2.05. The number of hydrogen-bond donors (Lipinski definition) is 0. The molecular weight excluding hydrogens is 197 g/mol. The zero-order valence-electron chi connectivity index (χ0n) is 6.30. The van der Waals surface area contributed by atoms with E-state index in [1.165, 1.54) is 0 Å². The van der Waals surface area contributed by atoms with Crippen LogP contribution in [-0.2, 0) is 6.42 Å². The van der Waals surface area contributed by atoms with Gasteiger partial charge in [0.1, 0.15) is 6.07 Å². The highest BCUT2D eigenvalue weighted by Gasteiger charge is 2.08. The first kappa shape index (κ1) is 9.24. The van der Waals surface area contributed by atoms with Gasteiger partial charge in [-0.2, -0.15) is 5.26 Å². The summed E-state index contributed by atoms with van der Waals surface area (Å²) >= 11 is 11.3. The Morgan fingerprint density at radius 1 is 1.33 bits per heavy atom. The molecule has 0 fully saturated rings. The van der Waals surface area contributed by atoms with E-state index in [9.17, 15) is 0 Å². The quantitative estimate of drug-likeness (QED) is 0.701. The van der Waals surface area contributed by atoms with E-state index >= 15 is 0 Å². The van der Waals surface area contributed by atoms with Gasteiger partial charge in [-0.05, 0) is 6.42 Å². The highest BCUT2D eigenvalue weighted by molar-refractivity contribution is 6.33. The van der Waals surface area contributed by atoms with Crippen molar-refractivity contribution >= 4 is 23.2 Å². The SMILES string of the molecule is CCc1nc(C#N)c(Cl)nc1Cl. The van der Waals surface area contributed by atoms with Gasteiger partial charge in [0.15, 0.2) is 16.0 Å². The van der Waals surface area contributed by atoms with Gasteiger partial charge in [-0.1, -0.05) is 30.1 Å². The summed E-state index contributed by atoms with van der Waals surface area (Å²) < 4.78 is 0. The van der Waals surface area contributed by atoms with E-state index < -0.39 is 0 Å². The van der Waals surface area contributed by atoms with Crippen LogP contribution in [0.4, 0.5) is 0 Å². The van der Waals surface area contributed by atoms with Gasteiger partial charge in [-0.3, -0.25) is 0 Å². The van der Waals surface area contributed by atoms with Crippen molar-refractivity contribution in [1.82, 2.24) is 9.97 Å². The number of nitriles is 1. The number of aryl methyl sites for hydroxylation is 1. The molecule has 62 valence electrons. The predicted octanol–water partition coefficient (Wildman–Crippen LogP) is 2.22. The topological polar surface area (TPSA) is 49.6 Å². The van der Waals surface area contributed by atoms with Crippen molar-refractivity contribution in [3.8, 4) is 6.07 Å². The molecule has 5 heteroatoms. The Balaban J connectivity index is 3.30. The molecule has 0 spiro atoms. The molecule has 0 radical (unpaired) electrons. The second-order valence-corrected chi connectivity index (χ2v) is 2.78. The van der Waals surface area contributed by atoms with Crippen molar-refractivity contribution < 1.29 is 0 Å². The number of rotatable bonds is 1. The third-order valence-electron chi connectivity index (χ3n) is 1.32. The molecule has 0 aliphatic rings. The molecule has 12 heavy (non-hydrogen) atoms. The maximum absolute atomic E-state index is 8.55. The highest BCUT2D eigenvalue weighted by Crippen LogP contribution is 2.17.